The molecule has 0 radical (unpaired) electrons. The van der Waals surface area contributed by atoms with Crippen LogP contribution >= 0.6 is 23.2 Å². The Labute approximate surface area is 115 Å². The Balaban J connectivity index is 3.20. The summed E-state index contributed by atoms with van der Waals surface area (Å²) in [5, 5.41) is 0.330. The molecule has 0 bridgehead atoms. The van der Waals surface area contributed by atoms with Crippen molar-refractivity contribution in [1.29, 1.82) is 0 Å². The Bertz CT molecular complexity index is 186. The summed E-state index contributed by atoms with van der Waals surface area (Å²) in [5.41, 5.74) is 0. The third kappa shape index (κ3) is 12.3. The summed E-state index contributed by atoms with van der Waals surface area (Å²) >= 11 is 11.5. The van der Waals surface area contributed by atoms with E-state index in [1.54, 1.807) is 0 Å². The van der Waals surface area contributed by atoms with Gasteiger partial charge in [0.2, 0.25) is 0 Å². The zero-order valence-electron chi connectivity index (χ0n) is 10.7. The van der Waals surface area contributed by atoms with Crippen LogP contribution in [0.3, 0.4) is 0 Å². The molecule has 2 nitrogen and oxygen atoms in total. The van der Waals surface area contributed by atoms with Gasteiger partial charge in [-0.05, 0) is 19.3 Å². The van der Waals surface area contributed by atoms with Crippen LogP contribution in [0.1, 0.15) is 64.7 Å². The maximum Gasteiger partial charge on any atom is 0.306 e. The van der Waals surface area contributed by atoms with Gasteiger partial charge in [0.1, 0.15) is 0 Å². The van der Waals surface area contributed by atoms with Crippen LogP contribution in [-0.4, -0.2) is 17.4 Å². The smallest absolute Gasteiger partial charge is 0.306 e. The fourth-order valence-corrected chi connectivity index (χ4v) is 2.12. The van der Waals surface area contributed by atoms with E-state index in [4.69, 9.17) is 23.2 Å². The lowest BCUT2D eigenvalue weighted by Gasteiger charge is -2.08. The summed E-state index contributed by atoms with van der Waals surface area (Å²) in [6.07, 6.45) is 9.38. The summed E-state index contributed by atoms with van der Waals surface area (Å²) < 4.78 is 4.64. The molecule has 0 aliphatic rings. The molecule has 0 saturated carbocycles. The Kier molecular flexibility index (Phi) is 12.5. The standard InChI is InChI=1S/C13H24Cl2O2/c1-2-3-8-12(15)9-6-4-5-7-10-13(16)17-11-14/h12H,2-11H2,1H3. The van der Waals surface area contributed by atoms with E-state index in [2.05, 4.69) is 11.7 Å². The van der Waals surface area contributed by atoms with Crippen molar-refractivity contribution in [2.75, 3.05) is 6.07 Å². The lowest BCUT2D eigenvalue weighted by Crippen LogP contribution is -2.02. The van der Waals surface area contributed by atoms with E-state index in [-0.39, 0.29) is 12.0 Å². The highest BCUT2D eigenvalue weighted by atomic mass is 35.5. The van der Waals surface area contributed by atoms with E-state index < -0.39 is 0 Å². The third-order valence-corrected chi connectivity index (χ3v) is 3.28. The second-order valence-electron chi connectivity index (χ2n) is 4.32. The van der Waals surface area contributed by atoms with Gasteiger partial charge in [-0.2, -0.15) is 0 Å². The van der Waals surface area contributed by atoms with Gasteiger partial charge < -0.3 is 4.74 Å². The molecule has 0 aromatic rings. The SMILES string of the molecule is CCCCC(Cl)CCCCCCC(=O)OCCl. The molecule has 0 heterocycles. The highest BCUT2D eigenvalue weighted by Crippen LogP contribution is 2.16. The summed E-state index contributed by atoms with van der Waals surface area (Å²) in [7, 11) is 0. The molecular formula is C13H24Cl2O2. The van der Waals surface area contributed by atoms with Crippen LogP contribution in [0.25, 0.3) is 0 Å². The minimum atomic E-state index is -0.196. The van der Waals surface area contributed by atoms with Crippen LogP contribution in [0.4, 0.5) is 0 Å². The van der Waals surface area contributed by atoms with Crippen LogP contribution in [0.5, 0.6) is 0 Å². The van der Waals surface area contributed by atoms with Crippen LogP contribution in [0.2, 0.25) is 0 Å². The van der Waals surface area contributed by atoms with Crippen molar-refractivity contribution in [3.05, 3.63) is 0 Å². The number of halogens is 2. The van der Waals surface area contributed by atoms with Crippen molar-refractivity contribution in [1.82, 2.24) is 0 Å². The van der Waals surface area contributed by atoms with Gasteiger partial charge in [0, 0.05) is 11.8 Å². The zero-order valence-corrected chi connectivity index (χ0v) is 12.2. The predicted octanol–water partition coefficient (Wildman–Crippen LogP) is 4.86. The molecule has 4 heteroatoms. The molecule has 0 spiro atoms. The van der Waals surface area contributed by atoms with Crippen molar-refractivity contribution >= 4 is 29.2 Å². The van der Waals surface area contributed by atoms with E-state index in [1.165, 1.54) is 12.8 Å². The van der Waals surface area contributed by atoms with Gasteiger partial charge in [0.15, 0.2) is 6.07 Å². The Hall–Kier alpha value is 0.0500. The topological polar surface area (TPSA) is 26.3 Å². The number of alkyl halides is 2. The van der Waals surface area contributed by atoms with Gasteiger partial charge in [0.05, 0.1) is 0 Å². The molecular weight excluding hydrogens is 259 g/mol. The predicted molar refractivity (Wildman–Crippen MR) is 73.7 cm³/mol. The average molecular weight is 283 g/mol. The first kappa shape index (κ1) is 17.1. The second kappa shape index (κ2) is 12.5. The second-order valence-corrected chi connectivity index (χ2v) is 5.15. The monoisotopic (exact) mass is 282 g/mol. The quantitative estimate of drug-likeness (QED) is 0.307. The van der Waals surface area contributed by atoms with Gasteiger partial charge in [-0.25, -0.2) is 0 Å². The third-order valence-electron chi connectivity index (χ3n) is 2.73. The molecule has 0 aromatic heterocycles. The molecule has 17 heavy (non-hydrogen) atoms. The van der Waals surface area contributed by atoms with Gasteiger partial charge in [-0.15, -0.1) is 11.6 Å². The van der Waals surface area contributed by atoms with Crippen molar-refractivity contribution in [2.24, 2.45) is 0 Å². The number of hydrogen-bond donors (Lipinski definition) is 0. The van der Waals surface area contributed by atoms with Gasteiger partial charge in [0.25, 0.3) is 0 Å². The van der Waals surface area contributed by atoms with E-state index in [0.29, 0.717) is 11.8 Å². The fraction of sp³-hybridized carbons (Fsp3) is 0.923. The van der Waals surface area contributed by atoms with Gasteiger partial charge in [-0.1, -0.05) is 50.6 Å². The molecule has 102 valence electrons. The first-order valence-electron chi connectivity index (χ1n) is 6.56. The number of ether oxygens (including phenoxy) is 1. The fourth-order valence-electron chi connectivity index (χ4n) is 1.69. The number of unbranched alkanes of at least 4 members (excludes halogenated alkanes) is 4. The maximum absolute atomic E-state index is 11.0. The number of esters is 1. The molecule has 0 rings (SSSR count). The van der Waals surface area contributed by atoms with Crippen LogP contribution in [-0.2, 0) is 9.53 Å². The van der Waals surface area contributed by atoms with E-state index in [9.17, 15) is 4.79 Å². The number of rotatable bonds is 11. The van der Waals surface area contributed by atoms with Crippen molar-refractivity contribution in [3.8, 4) is 0 Å². The summed E-state index contributed by atoms with van der Waals surface area (Å²) in [4.78, 5) is 11.0. The molecule has 0 aliphatic carbocycles. The summed E-state index contributed by atoms with van der Waals surface area (Å²) in [6, 6.07) is -0.0375. The first-order valence-corrected chi connectivity index (χ1v) is 7.53. The van der Waals surface area contributed by atoms with Crippen LogP contribution < -0.4 is 0 Å². The molecule has 0 aliphatic heterocycles. The Morgan fingerprint density at radius 1 is 1.12 bits per heavy atom. The highest BCUT2D eigenvalue weighted by Gasteiger charge is 2.04. The molecule has 0 fully saturated rings. The normalized spacial score (nSPS) is 12.4. The van der Waals surface area contributed by atoms with Crippen molar-refractivity contribution < 1.29 is 9.53 Å². The maximum atomic E-state index is 11.0. The molecule has 0 N–H and O–H groups in total. The summed E-state index contributed by atoms with van der Waals surface area (Å²) in [5.74, 6) is -0.196. The van der Waals surface area contributed by atoms with E-state index in [0.717, 1.165) is 38.5 Å². The average Bonchev–Trinajstić information content (AvgIpc) is 2.31. The first-order chi connectivity index (χ1) is 8.20. The minimum Gasteiger partial charge on any atom is -0.449 e. The molecule has 0 saturated heterocycles. The number of carbonyl (C=O) groups excluding carboxylic acids is 1. The van der Waals surface area contributed by atoms with Gasteiger partial charge in [-0.3, -0.25) is 4.79 Å². The van der Waals surface area contributed by atoms with Crippen molar-refractivity contribution in [3.63, 3.8) is 0 Å². The lowest BCUT2D eigenvalue weighted by atomic mass is 10.1. The summed E-state index contributed by atoms with van der Waals surface area (Å²) in [6.45, 7) is 2.18. The number of hydrogen-bond acceptors (Lipinski definition) is 2. The van der Waals surface area contributed by atoms with Crippen LogP contribution in [0, 0.1) is 0 Å². The number of carbonyl (C=O) groups is 1. The Morgan fingerprint density at radius 2 is 1.76 bits per heavy atom. The van der Waals surface area contributed by atoms with E-state index in [1.807, 2.05) is 0 Å². The Morgan fingerprint density at radius 3 is 2.41 bits per heavy atom. The largest absolute Gasteiger partial charge is 0.449 e. The highest BCUT2D eigenvalue weighted by molar-refractivity contribution is 6.20. The molecule has 1 unspecified atom stereocenters. The molecule has 0 aromatic carbocycles. The van der Waals surface area contributed by atoms with Crippen molar-refractivity contribution in [2.45, 2.75) is 70.1 Å². The van der Waals surface area contributed by atoms with Crippen LogP contribution in [0.15, 0.2) is 0 Å². The zero-order chi connectivity index (χ0) is 12.9. The molecule has 1 atom stereocenters. The van der Waals surface area contributed by atoms with E-state index >= 15 is 0 Å². The lowest BCUT2D eigenvalue weighted by molar-refractivity contribution is -0.141. The molecule has 0 amide bonds. The minimum absolute atomic E-state index is 0.0375. The van der Waals surface area contributed by atoms with Gasteiger partial charge >= 0.3 is 5.97 Å².